The average molecular weight is 683 g/mol. The monoisotopic (exact) mass is 682 g/mol. The summed E-state index contributed by atoms with van der Waals surface area (Å²) in [6, 6.07) is 0. The van der Waals surface area contributed by atoms with Crippen molar-refractivity contribution in [2.45, 2.75) is 166 Å². The highest BCUT2D eigenvalue weighted by atomic mass is 32.3. The zero-order chi connectivity index (χ0) is 34.0. The molecule has 0 saturated carbocycles. The van der Waals surface area contributed by atoms with Crippen LogP contribution in [0.5, 0.6) is 0 Å². The highest BCUT2D eigenvalue weighted by Gasteiger charge is 2.48. The van der Waals surface area contributed by atoms with Gasteiger partial charge in [-0.15, -0.1) is 0 Å². The Kier molecular flexibility index (Phi) is 24.9. The summed E-state index contributed by atoms with van der Waals surface area (Å²) >= 11 is 0. The minimum Gasteiger partial charge on any atom is -0.457 e. The van der Waals surface area contributed by atoms with Crippen LogP contribution in [0, 0.1) is 0 Å². The van der Waals surface area contributed by atoms with E-state index in [1.54, 1.807) is 0 Å². The summed E-state index contributed by atoms with van der Waals surface area (Å²) in [5.74, 6) is -0.410. The number of hydrogen-bond donors (Lipinski definition) is 4. The molecule has 1 heterocycles. The van der Waals surface area contributed by atoms with Gasteiger partial charge in [0.25, 0.3) is 0 Å². The molecule has 1 saturated heterocycles. The van der Waals surface area contributed by atoms with Gasteiger partial charge >= 0.3 is 16.4 Å². The Labute approximate surface area is 277 Å². The molecule has 46 heavy (non-hydrogen) atoms. The summed E-state index contributed by atoms with van der Waals surface area (Å²) in [5.41, 5.74) is 0. The Morgan fingerprint density at radius 2 is 1.39 bits per heavy atom. The number of ether oxygens (including phenoxy) is 4. The lowest BCUT2D eigenvalue weighted by molar-refractivity contribution is -0.301. The zero-order valence-electron chi connectivity index (χ0n) is 28.1. The standard InChI is InChI=1S/C33H62O12S/c1-3-5-7-9-11-12-13-14-15-17-19-21-23-41-25-27(43-29(35)22-20-18-16-10-8-6-4-2)26-42-33-31(37)32(45-46(38,39)40)30(36)28(24-34)44-33/h9,11,27-28,30-34,36-37H,3-8,10,12-26H2,1-2H3,(H,38,39,40)/b11-9-. The van der Waals surface area contributed by atoms with Crippen molar-refractivity contribution in [3.8, 4) is 0 Å². The summed E-state index contributed by atoms with van der Waals surface area (Å²) in [6.07, 6.45) is 14.3. The Balaban J connectivity index is 2.54. The SMILES string of the molecule is CCCC/C=C\CCCCCCCCOCC(COC1OC(CO)C(O)C(OS(=O)(=O)O)C1O)OC(=O)CCCCCCCCC. The van der Waals surface area contributed by atoms with E-state index in [2.05, 4.69) is 30.2 Å². The van der Waals surface area contributed by atoms with Crippen LogP contribution >= 0.6 is 0 Å². The molecule has 1 rings (SSSR count). The van der Waals surface area contributed by atoms with Crippen LogP contribution in [0.1, 0.15) is 129 Å². The van der Waals surface area contributed by atoms with Crippen LogP contribution in [0.2, 0.25) is 0 Å². The molecule has 12 nitrogen and oxygen atoms in total. The van der Waals surface area contributed by atoms with Crippen LogP contribution in [0.3, 0.4) is 0 Å². The van der Waals surface area contributed by atoms with Gasteiger partial charge in [0.2, 0.25) is 0 Å². The Morgan fingerprint density at radius 1 is 0.804 bits per heavy atom. The fourth-order valence-electron chi connectivity index (χ4n) is 5.18. The zero-order valence-corrected chi connectivity index (χ0v) is 29.0. The minimum absolute atomic E-state index is 0.0347. The minimum atomic E-state index is -5.05. The number of carbonyl (C=O) groups excluding carboxylic acids is 1. The topological polar surface area (TPSA) is 178 Å². The quantitative estimate of drug-likeness (QED) is 0.0352. The second-order valence-electron chi connectivity index (χ2n) is 12.1. The van der Waals surface area contributed by atoms with Gasteiger partial charge in [-0.25, -0.2) is 4.18 Å². The lowest BCUT2D eigenvalue weighted by Crippen LogP contribution is -2.60. The number of carbonyl (C=O) groups is 1. The van der Waals surface area contributed by atoms with Gasteiger partial charge in [-0.05, 0) is 32.1 Å². The molecule has 6 atom stereocenters. The Morgan fingerprint density at radius 3 is 2.02 bits per heavy atom. The van der Waals surface area contributed by atoms with E-state index in [1.165, 1.54) is 57.8 Å². The van der Waals surface area contributed by atoms with Crippen molar-refractivity contribution < 1.29 is 56.2 Å². The van der Waals surface area contributed by atoms with Gasteiger partial charge in [0.1, 0.15) is 30.5 Å². The smallest absolute Gasteiger partial charge is 0.397 e. The summed E-state index contributed by atoms with van der Waals surface area (Å²) in [4.78, 5) is 12.6. The predicted octanol–water partition coefficient (Wildman–Crippen LogP) is 5.18. The molecule has 1 aliphatic heterocycles. The van der Waals surface area contributed by atoms with Crippen LogP contribution in [0.15, 0.2) is 12.2 Å². The van der Waals surface area contributed by atoms with E-state index >= 15 is 0 Å². The number of aliphatic hydroxyl groups is 3. The number of unbranched alkanes of at least 4 members (excludes halogenated alkanes) is 14. The number of rotatable bonds is 29. The third-order valence-corrected chi connectivity index (χ3v) is 8.35. The molecular formula is C33H62O12S. The first kappa shape index (κ1) is 42.9. The normalized spacial score (nSPS) is 22.8. The third kappa shape index (κ3) is 20.9. The largest absolute Gasteiger partial charge is 0.457 e. The molecule has 1 aliphatic rings. The number of allylic oxidation sites excluding steroid dienone is 2. The lowest BCUT2D eigenvalue weighted by Gasteiger charge is -2.41. The molecule has 0 aromatic carbocycles. The first-order valence-corrected chi connectivity index (χ1v) is 18.8. The molecular weight excluding hydrogens is 620 g/mol. The van der Waals surface area contributed by atoms with Crippen molar-refractivity contribution in [1.29, 1.82) is 0 Å². The maximum Gasteiger partial charge on any atom is 0.397 e. The average Bonchev–Trinajstić information content (AvgIpc) is 3.01. The van der Waals surface area contributed by atoms with Gasteiger partial charge in [0.05, 0.1) is 19.8 Å². The van der Waals surface area contributed by atoms with E-state index < -0.39 is 59.8 Å². The molecule has 0 amide bonds. The highest BCUT2D eigenvalue weighted by Crippen LogP contribution is 2.26. The van der Waals surface area contributed by atoms with Gasteiger partial charge in [0, 0.05) is 13.0 Å². The molecule has 0 bridgehead atoms. The summed E-state index contributed by atoms with van der Waals surface area (Å²) < 4.78 is 58.4. The molecule has 6 unspecified atom stereocenters. The van der Waals surface area contributed by atoms with Crippen molar-refractivity contribution in [2.24, 2.45) is 0 Å². The number of aliphatic hydroxyl groups excluding tert-OH is 3. The van der Waals surface area contributed by atoms with Crippen molar-refractivity contribution in [2.75, 3.05) is 26.4 Å². The maximum atomic E-state index is 12.6. The Bertz CT molecular complexity index is 884. The third-order valence-electron chi connectivity index (χ3n) is 7.89. The fourth-order valence-corrected chi connectivity index (χ4v) is 5.69. The fraction of sp³-hybridized carbons (Fsp3) is 0.909. The second kappa shape index (κ2) is 26.8. The van der Waals surface area contributed by atoms with Gasteiger partial charge in [-0.2, -0.15) is 8.42 Å². The van der Waals surface area contributed by atoms with E-state index in [-0.39, 0.29) is 19.6 Å². The molecule has 0 radical (unpaired) electrons. The molecule has 4 N–H and O–H groups in total. The van der Waals surface area contributed by atoms with E-state index in [4.69, 9.17) is 23.5 Å². The first-order chi connectivity index (χ1) is 22.1. The van der Waals surface area contributed by atoms with Crippen LogP contribution in [0.25, 0.3) is 0 Å². The predicted molar refractivity (Wildman–Crippen MR) is 174 cm³/mol. The van der Waals surface area contributed by atoms with Gasteiger partial charge in [0.15, 0.2) is 6.29 Å². The lowest BCUT2D eigenvalue weighted by atomic mass is 9.99. The van der Waals surface area contributed by atoms with Crippen LogP contribution in [0.4, 0.5) is 0 Å². The summed E-state index contributed by atoms with van der Waals surface area (Å²) in [7, 11) is -5.05. The van der Waals surface area contributed by atoms with Crippen molar-refractivity contribution >= 4 is 16.4 Å². The highest BCUT2D eigenvalue weighted by molar-refractivity contribution is 7.80. The van der Waals surface area contributed by atoms with Crippen molar-refractivity contribution in [3.05, 3.63) is 12.2 Å². The van der Waals surface area contributed by atoms with Crippen LogP contribution in [-0.4, -0.2) is 97.5 Å². The summed E-state index contributed by atoms with van der Waals surface area (Å²) in [6.45, 7) is 3.85. The number of hydrogen-bond acceptors (Lipinski definition) is 11. The summed E-state index contributed by atoms with van der Waals surface area (Å²) in [5, 5.41) is 30.4. The molecule has 0 spiro atoms. The molecule has 0 aromatic heterocycles. The van der Waals surface area contributed by atoms with E-state index in [0.29, 0.717) is 13.0 Å². The first-order valence-electron chi connectivity index (χ1n) is 17.4. The van der Waals surface area contributed by atoms with Crippen molar-refractivity contribution in [3.63, 3.8) is 0 Å². The van der Waals surface area contributed by atoms with Gasteiger partial charge in [-0.3, -0.25) is 9.35 Å². The molecule has 13 heteroatoms. The van der Waals surface area contributed by atoms with E-state index in [9.17, 15) is 28.5 Å². The van der Waals surface area contributed by atoms with Crippen LogP contribution < -0.4 is 0 Å². The maximum absolute atomic E-state index is 12.6. The molecule has 0 aromatic rings. The molecule has 272 valence electrons. The second-order valence-corrected chi connectivity index (χ2v) is 13.2. The van der Waals surface area contributed by atoms with Crippen LogP contribution in [-0.2, 0) is 38.3 Å². The Hall–Kier alpha value is -1.16. The molecule has 0 aliphatic carbocycles. The number of esters is 1. The van der Waals surface area contributed by atoms with Gasteiger partial charge in [-0.1, -0.05) is 103 Å². The van der Waals surface area contributed by atoms with E-state index in [1.807, 2.05) is 0 Å². The van der Waals surface area contributed by atoms with Crippen molar-refractivity contribution in [1.82, 2.24) is 0 Å². The van der Waals surface area contributed by atoms with Gasteiger partial charge < -0.3 is 34.3 Å². The van der Waals surface area contributed by atoms with E-state index in [0.717, 1.165) is 44.9 Å². The molecule has 1 fully saturated rings.